The Balaban J connectivity index is 1.37. The van der Waals surface area contributed by atoms with Gasteiger partial charge in [-0.25, -0.2) is 4.98 Å². The number of pyridine rings is 1. The molecule has 1 unspecified atom stereocenters. The number of rotatable bonds is 9. The number of piperazine rings is 1. The van der Waals surface area contributed by atoms with E-state index in [9.17, 15) is 9.90 Å². The molecular weight excluding hydrogens is 494 g/mol. The molecule has 3 heterocycles. The minimum atomic E-state index is -0.860. The van der Waals surface area contributed by atoms with Gasteiger partial charge in [-0.2, -0.15) is 5.26 Å². The number of nitrogens with zero attached hydrogens (tertiary/aromatic N) is 4. The van der Waals surface area contributed by atoms with Crippen LogP contribution in [-0.4, -0.2) is 77.9 Å². The zero-order valence-corrected chi connectivity index (χ0v) is 22.2. The van der Waals surface area contributed by atoms with Crippen molar-refractivity contribution in [1.29, 1.82) is 5.26 Å². The van der Waals surface area contributed by atoms with Crippen LogP contribution in [0.1, 0.15) is 22.8 Å². The van der Waals surface area contributed by atoms with Gasteiger partial charge in [0.15, 0.2) is 0 Å². The van der Waals surface area contributed by atoms with Crippen LogP contribution >= 0.6 is 0 Å². The van der Waals surface area contributed by atoms with Gasteiger partial charge in [0.2, 0.25) is 0 Å². The third-order valence-corrected chi connectivity index (χ3v) is 7.19. The molecule has 0 bridgehead atoms. The quantitative estimate of drug-likeness (QED) is 0.261. The van der Waals surface area contributed by atoms with Crippen molar-refractivity contribution in [2.45, 2.75) is 13.0 Å². The fraction of sp³-hybridized carbons (Fsp3) is 0.345. The highest BCUT2D eigenvalue weighted by atomic mass is 16.5. The Morgan fingerprint density at radius 1 is 1.21 bits per heavy atom. The van der Waals surface area contributed by atoms with E-state index in [4.69, 9.17) is 15.0 Å². The molecular formula is C29H33N7O3. The molecule has 39 heavy (non-hydrogen) atoms. The molecule has 0 aliphatic carbocycles. The van der Waals surface area contributed by atoms with Gasteiger partial charge < -0.3 is 30.0 Å². The molecule has 1 fully saturated rings. The summed E-state index contributed by atoms with van der Waals surface area (Å²) >= 11 is 0. The van der Waals surface area contributed by atoms with Crippen molar-refractivity contribution in [2.24, 2.45) is 0 Å². The molecule has 202 valence electrons. The van der Waals surface area contributed by atoms with Crippen LogP contribution < -0.4 is 15.8 Å². The van der Waals surface area contributed by atoms with Crippen LogP contribution in [0, 0.1) is 18.3 Å². The zero-order chi connectivity index (χ0) is 27.4. The van der Waals surface area contributed by atoms with E-state index in [1.807, 2.05) is 6.92 Å². The molecule has 5 rings (SSSR count). The van der Waals surface area contributed by atoms with Crippen molar-refractivity contribution in [3.8, 4) is 17.5 Å². The maximum Gasteiger partial charge on any atom is 0.261 e. The van der Waals surface area contributed by atoms with Crippen molar-refractivity contribution < 1.29 is 9.84 Å². The molecule has 1 saturated heterocycles. The maximum absolute atomic E-state index is 12.9. The minimum Gasteiger partial charge on any atom is -0.387 e. The Bertz CT molecular complexity index is 1550. The summed E-state index contributed by atoms with van der Waals surface area (Å²) in [7, 11) is 1.73. The second-order valence-electron chi connectivity index (χ2n) is 9.80. The second-order valence-corrected chi connectivity index (χ2v) is 9.80. The number of hydrogen-bond acceptors (Lipinski definition) is 8. The number of nitrogens with one attached hydrogen (secondary N) is 3. The molecule has 0 saturated carbocycles. The number of nitriles is 1. The number of anilines is 2. The van der Waals surface area contributed by atoms with E-state index in [1.54, 1.807) is 43.6 Å². The number of imidazole rings is 1. The molecule has 4 N–H and O–H groups in total. The topological polar surface area (TPSA) is 133 Å². The van der Waals surface area contributed by atoms with E-state index in [0.29, 0.717) is 28.2 Å². The van der Waals surface area contributed by atoms with E-state index in [-0.39, 0.29) is 12.1 Å². The number of aromatic amines is 2. The summed E-state index contributed by atoms with van der Waals surface area (Å²) in [5.41, 5.74) is 5.58. The average molecular weight is 528 g/mol. The summed E-state index contributed by atoms with van der Waals surface area (Å²) in [5, 5.41) is 23.0. The lowest BCUT2D eigenvalue weighted by Crippen LogP contribution is -2.47. The molecule has 4 aromatic rings. The highest BCUT2D eigenvalue weighted by Gasteiger charge is 2.20. The summed E-state index contributed by atoms with van der Waals surface area (Å²) in [6.45, 7) is 7.70. The Hall–Kier alpha value is -4.17. The zero-order valence-electron chi connectivity index (χ0n) is 22.2. The number of aliphatic hydroxyl groups excluding tert-OH is 1. The Morgan fingerprint density at radius 3 is 2.79 bits per heavy atom. The highest BCUT2D eigenvalue weighted by molar-refractivity contribution is 5.87. The van der Waals surface area contributed by atoms with Crippen molar-refractivity contribution >= 4 is 22.4 Å². The molecule has 1 aliphatic heterocycles. The molecule has 2 aromatic carbocycles. The lowest BCUT2D eigenvalue weighted by molar-refractivity contribution is 0.144. The summed E-state index contributed by atoms with van der Waals surface area (Å²) < 4.78 is 5.21. The van der Waals surface area contributed by atoms with E-state index in [0.717, 1.165) is 61.6 Å². The summed E-state index contributed by atoms with van der Waals surface area (Å²) in [6.07, 6.45) is 0.704. The first-order chi connectivity index (χ1) is 19.0. The standard InChI is InChI=1S/C29H33N7O3/c1-19-14-22(36-10-8-35(9-11-36)12-13-39-2)16-24-27(19)34-28(33-24)26-23(6-7-31-29(26)38)32-18-25(37)21-5-3-4-20(15-21)17-30/h3-7,14-16,25,37H,8-13,18H2,1-2H3,(H,33,34)(H2,31,32,38). The third kappa shape index (κ3) is 5.81. The first kappa shape index (κ1) is 26.4. The lowest BCUT2D eigenvalue weighted by atomic mass is 10.1. The molecule has 1 aliphatic rings. The summed E-state index contributed by atoms with van der Waals surface area (Å²) in [5.74, 6) is 0.458. The van der Waals surface area contributed by atoms with Crippen LogP contribution in [0.15, 0.2) is 53.5 Å². The third-order valence-electron chi connectivity index (χ3n) is 7.19. The normalized spacial score (nSPS) is 14.9. The van der Waals surface area contributed by atoms with Gasteiger partial charge in [-0.1, -0.05) is 12.1 Å². The van der Waals surface area contributed by atoms with Crippen LogP contribution in [0.2, 0.25) is 0 Å². The van der Waals surface area contributed by atoms with E-state index < -0.39 is 6.10 Å². The molecule has 0 radical (unpaired) electrons. The van der Waals surface area contributed by atoms with Gasteiger partial charge in [0, 0.05) is 58.3 Å². The van der Waals surface area contributed by atoms with Gasteiger partial charge in [0.25, 0.3) is 5.56 Å². The van der Waals surface area contributed by atoms with Crippen molar-refractivity contribution in [3.63, 3.8) is 0 Å². The molecule has 2 aromatic heterocycles. The van der Waals surface area contributed by atoms with Crippen LogP contribution in [-0.2, 0) is 4.74 Å². The van der Waals surface area contributed by atoms with Crippen LogP contribution in [0.25, 0.3) is 22.4 Å². The number of aliphatic hydroxyl groups is 1. The van der Waals surface area contributed by atoms with Crippen molar-refractivity contribution in [1.82, 2.24) is 19.9 Å². The number of aromatic nitrogens is 3. The number of ether oxygens (including phenoxy) is 1. The fourth-order valence-electron chi connectivity index (χ4n) is 5.02. The van der Waals surface area contributed by atoms with Crippen LogP contribution in [0.5, 0.6) is 0 Å². The number of hydrogen-bond donors (Lipinski definition) is 4. The van der Waals surface area contributed by atoms with E-state index in [2.05, 4.69) is 43.3 Å². The lowest BCUT2D eigenvalue weighted by Gasteiger charge is -2.36. The van der Waals surface area contributed by atoms with E-state index >= 15 is 0 Å². The van der Waals surface area contributed by atoms with Gasteiger partial charge in [-0.15, -0.1) is 0 Å². The number of aryl methyl sites for hydroxylation is 1. The van der Waals surface area contributed by atoms with Gasteiger partial charge >= 0.3 is 0 Å². The van der Waals surface area contributed by atoms with Crippen molar-refractivity contribution in [2.75, 3.05) is 63.2 Å². The predicted molar refractivity (Wildman–Crippen MR) is 152 cm³/mol. The fourth-order valence-corrected chi connectivity index (χ4v) is 5.02. The minimum absolute atomic E-state index is 0.158. The average Bonchev–Trinajstić information content (AvgIpc) is 3.39. The van der Waals surface area contributed by atoms with E-state index in [1.165, 1.54) is 0 Å². The summed E-state index contributed by atoms with van der Waals surface area (Å²) in [4.78, 5) is 28.6. The van der Waals surface area contributed by atoms with Gasteiger partial charge in [-0.05, 0) is 48.4 Å². The second kappa shape index (κ2) is 11.7. The Morgan fingerprint density at radius 2 is 2.03 bits per heavy atom. The molecule has 10 nitrogen and oxygen atoms in total. The monoisotopic (exact) mass is 527 g/mol. The number of benzene rings is 2. The first-order valence-corrected chi connectivity index (χ1v) is 13.1. The first-order valence-electron chi connectivity index (χ1n) is 13.1. The SMILES string of the molecule is COCCN1CCN(c2cc(C)c3nc(-c4c(NCC(O)c5cccc(C#N)c5)cc[nH]c4=O)[nH]c3c2)CC1. The molecule has 0 spiro atoms. The Kier molecular flexibility index (Phi) is 7.93. The largest absolute Gasteiger partial charge is 0.387 e. The smallest absolute Gasteiger partial charge is 0.261 e. The molecule has 0 amide bonds. The van der Waals surface area contributed by atoms with Gasteiger partial charge in [0.1, 0.15) is 11.4 Å². The molecule has 10 heteroatoms. The van der Waals surface area contributed by atoms with Crippen LogP contribution in [0.3, 0.4) is 0 Å². The highest BCUT2D eigenvalue weighted by Crippen LogP contribution is 2.30. The van der Waals surface area contributed by atoms with Crippen molar-refractivity contribution in [3.05, 3.63) is 75.7 Å². The number of H-pyrrole nitrogens is 2. The van der Waals surface area contributed by atoms with Crippen LogP contribution in [0.4, 0.5) is 11.4 Å². The molecule has 1 atom stereocenters. The summed E-state index contributed by atoms with van der Waals surface area (Å²) in [6, 6.07) is 14.9. The Labute approximate surface area is 226 Å². The maximum atomic E-state index is 12.9. The predicted octanol–water partition coefficient (Wildman–Crippen LogP) is 3.01. The number of fused-ring (bicyclic) bond motifs is 1. The van der Waals surface area contributed by atoms with Gasteiger partial charge in [0.05, 0.1) is 41.1 Å². The van der Waals surface area contributed by atoms with Gasteiger partial charge in [-0.3, -0.25) is 9.69 Å². The number of methoxy groups -OCH3 is 1.